The molecule has 0 saturated heterocycles. The molecule has 0 aliphatic heterocycles. The summed E-state index contributed by atoms with van der Waals surface area (Å²) in [7, 11) is 0. The normalized spacial score (nSPS) is 10.3. The Kier molecular flexibility index (Phi) is 6.90. The van der Waals surface area contributed by atoms with E-state index in [4.69, 9.17) is 27.9 Å². The van der Waals surface area contributed by atoms with Crippen LogP contribution >= 0.6 is 35.0 Å². The molecule has 0 spiro atoms. The first-order valence-corrected chi connectivity index (χ1v) is 8.42. The SMILES string of the molecule is O=C(COc1ccc(Cl)c(Cl)c1)NCCSc1ccccc1. The predicted molar refractivity (Wildman–Crippen MR) is 92.1 cm³/mol. The predicted octanol–water partition coefficient (Wildman–Crippen LogP) is 4.28. The average molecular weight is 356 g/mol. The van der Waals surface area contributed by atoms with Gasteiger partial charge in [-0.25, -0.2) is 0 Å². The Morgan fingerprint density at radius 3 is 2.59 bits per heavy atom. The molecule has 0 bridgehead atoms. The zero-order valence-electron chi connectivity index (χ0n) is 11.7. The summed E-state index contributed by atoms with van der Waals surface area (Å²) in [6.07, 6.45) is 0. The van der Waals surface area contributed by atoms with Gasteiger partial charge in [0.15, 0.2) is 6.61 Å². The second-order valence-corrected chi connectivity index (χ2v) is 6.36. The average Bonchev–Trinajstić information content (AvgIpc) is 2.54. The number of thioether (sulfide) groups is 1. The van der Waals surface area contributed by atoms with Crippen molar-refractivity contribution in [3.05, 3.63) is 58.6 Å². The number of benzene rings is 2. The van der Waals surface area contributed by atoms with Crippen LogP contribution in [-0.4, -0.2) is 24.8 Å². The number of rotatable bonds is 7. The zero-order valence-corrected chi connectivity index (χ0v) is 14.0. The number of hydrogen-bond donors (Lipinski definition) is 1. The fourth-order valence-electron chi connectivity index (χ4n) is 1.64. The molecule has 0 fully saturated rings. The molecular weight excluding hydrogens is 341 g/mol. The maximum absolute atomic E-state index is 11.7. The Morgan fingerprint density at radius 2 is 1.86 bits per heavy atom. The minimum atomic E-state index is -0.167. The molecule has 0 aliphatic carbocycles. The largest absolute Gasteiger partial charge is 0.484 e. The van der Waals surface area contributed by atoms with E-state index in [-0.39, 0.29) is 12.5 Å². The van der Waals surface area contributed by atoms with Crippen molar-refractivity contribution in [1.82, 2.24) is 5.32 Å². The van der Waals surface area contributed by atoms with Crippen LogP contribution < -0.4 is 10.1 Å². The Morgan fingerprint density at radius 1 is 1.09 bits per heavy atom. The van der Waals surface area contributed by atoms with Crippen molar-refractivity contribution in [2.24, 2.45) is 0 Å². The van der Waals surface area contributed by atoms with Gasteiger partial charge in [-0.05, 0) is 24.3 Å². The lowest BCUT2D eigenvalue weighted by Crippen LogP contribution is -2.30. The fourth-order valence-corrected chi connectivity index (χ4v) is 2.72. The van der Waals surface area contributed by atoms with Gasteiger partial charge in [0, 0.05) is 23.3 Å². The van der Waals surface area contributed by atoms with Crippen LogP contribution in [0, 0.1) is 0 Å². The first-order valence-electron chi connectivity index (χ1n) is 6.67. The van der Waals surface area contributed by atoms with Crippen LogP contribution in [0.5, 0.6) is 5.75 Å². The molecule has 0 aliphatic rings. The highest BCUT2D eigenvalue weighted by Gasteiger charge is 2.04. The monoisotopic (exact) mass is 355 g/mol. The molecule has 0 saturated carbocycles. The van der Waals surface area contributed by atoms with Gasteiger partial charge >= 0.3 is 0 Å². The van der Waals surface area contributed by atoms with Crippen LogP contribution in [0.15, 0.2) is 53.4 Å². The van der Waals surface area contributed by atoms with Crippen LogP contribution in [-0.2, 0) is 4.79 Å². The van der Waals surface area contributed by atoms with E-state index in [2.05, 4.69) is 5.32 Å². The highest BCUT2D eigenvalue weighted by atomic mass is 35.5. The number of halogens is 2. The van der Waals surface area contributed by atoms with Gasteiger partial charge in [-0.15, -0.1) is 11.8 Å². The first kappa shape index (κ1) is 17.0. The zero-order chi connectivity index (χ0) is 15.8. The van der Waals surface area contributed by atoms with Crippen molar-refractivity contribution in [2.75, 3.05) is 18.9 Å². The summed E-state index contributed by atoms with van der Waals surface area (Å²) in [6, 6.07) is 14.9. The van der Waals surface area contributed by atoms with Crippen LogP contribution in [0.2, 0.25) is 10.0 Å². The van der Waals surface area contributed by atoms with Crippen molar-refractivity contribution in [3.63, 3.8) is 0 Å². The lowest BCUT2D eigenvalue weighted by atomic mass is 10.3. The number of amides is 1. The van der Waals surface area contributed by atoms with Crippen molar-refractivity contribution < 1.29 is 9.53 Å². The van der Waals surface area contributed by atoms with E-state index in [0.29, 0.717) is 22.3 Å². The van der Waals surface area contributed by atoms with E-state index in [1.165, 1.54) is 4.90 Å². The molecular formula is C16H15Cl2NO2S. The smallest absolute Gasteiger partial charge is 0.257 e. The highest BCUT2D eigenvalue weighted by molar-refractivity contribution is 7.99. The van der Waals surface area contributed by atoms with Crippen molar-refractivity contribution in [2.45, 2.75) is 4.90 Å². The summed E-state index contributed by atoms with van der Waals surface area (Å²) in [5.41, 5.74) is 0. The maximum Gasteiger partial charge on any atom is 0.257 e. The van der Waals surface area contributed by atoms with E-state index in [9.17, 15) is 4.79 Å². The number of ether oxygens (including phenoxy) is 1. The molecule has 0 radical (unpaired) electrons. The van der Waals surface area contributed by atoms with Gasteiger partial charge in [-0.3, -0.25) is 4.79 Å². The van der Waals surface area contributed by atoms with Crippen molar-refractivity contribution in [1.29, 1.82) is 0 Å². The van der Waals surface area contributed by atoms with Gasteiger partial charge in [0.2, 0.25) is 0 Å². The van der Waals surface area contributed by atoms with Gasteiger partial charge in [0.25, 0.3) is 5.91 Å². The molecule has 2 aromatic carbocycles. The lowest BCUT2D eigenvalue weighted by Gasteiger charge is -2.08. The Hall–Kier alpha value is -1.36. The van der Waals surface area contributed by atoms with E-state index >= 15 is 0 Å². The molecule has 1 amide bonds. The third kappa shape index (κ3) is 5.79. The lowest BCUT2D eigenvalue weighted by molar-refractivity contribution is -0.122. The van der Waals surface area contributed by atoms with Crippen molar-refractivity contribution in [3.8, 4) is 5.75 Å². The quantitative estimate of drug-likeness (QED) is 0.594. The summed E-state index contributed by atoms with van der Waals surface area (Å²) in [4.78, 5) is 12.9. The van der Waals surface area contributed by atoms with Gasteiger partial charge in [0.05, 0.1) is 10.0 Å². The van der Waals surface area contributed by atoms with Gasteiger partial charge < -0.3 is 10.1 Å². The van der Waals surface area contributed by atoms with E-state index in [1.54, 1.807) is 30.0 Å². The molecule has 116 valence electrons. The summed E-state index contributed by atoms with van der Waals surface area (Å²) in [5, 5.41) is 3.66. The van der Waals surface area contributed by atoms with Crippen LogP contribution in [0.3, 0.4) is 0 Å². The molecule has 2 aromatic rings. The summed E-state index contributed by atoms with van der Waals surface area (Å²) >= 11 is 13.4. The molecule has 3 nitrogen and oxygen atoms in total. The van der Waals surface area contributed by atoms with Gasteiger partial charge in [0.1, 0.15) is 5.75 Å². The van der Waals surface area contributed by atoms with Crippen LogP contribution in [0.25, 0.3) is 0 Å². The molecule has 0 aromatic heterocycles. The summed E-state index contributed by atoms with van der Waals surface area (Å²) in [5.74, 6) is 1.16. The maximum atomic E-state index is 11.7. The third-order valence-corrected chi connectivity index (χ3v) is 4.45. The number of nitrogens with one attached hydrogen (secondary N) is 1. The molecule has 1 N–H and O–H groups in total. The molecule has 6 heteroatoms. The molecule has 22 heavy (non-hydrogen) atoms. The van der Waals surface area contributed by atoms with Crippen molar-refractivity contribution >= 4 is 40.9 Å². The van der Waals surface area contributed by atoms with E-state index in [1.807, 2.05) is 30.3 Å². The minimum absolute atomic E-state index is 0.0477. The van der Waals surface area contributed by atoms with E-state index < -0.39 is 0 Å². The summed E-state index contributed by atoms with van der Waals surface area (Å²) in [6.45, 7) is 0.539. The topological polar surface area (TPSA) is 38.3 Å². The highest BCUT2D eigenvalue weighted by Crippen LogP contribution is 2.26. The third-order valence-electron chi connectivity index (χ3n) is 2.70. The van der Waals surface area contributed by atoms with Gasteiger partial charge in [-0.2, -0.15) is 0 Å². The van der Waals surface area contributed by atoms with Crippen LogP contribution in [0.4, 0.5) is 0 Å². The summed E-state index contributed by atoms with van der Waals surface area (Å²) < 4.78 is 5.36. The number of carbonyl (C=O) groups is 1. The van der Waals surface area contributed by atoms with E-state index in [0.717, 1.165) is 5.75 Å². The first-order chi connectivity index (χ1) is 10.6. The molecule has 0 atom stereocenters. The standard InChI is InChI=1S/C16H15Cl2NO2S/c17-14-7-6-12(10-15(14)18)21-11-16(20)19-8-9-22-13-4-2-1-3-5-13/h1-7,10H,8-9,11H2,(H,19,20). The fraction of sp³-hybridized carbons (Fsp3) is 0.188. The number of hydrogen-bond acceptors (Lipinski definition) is 3. The second-order valence-electron chi connectivity index (χ2n) is 4.38. The Bertz CT molecular complexity index is 623. The minimum Gasteiger partial charge on any atom is -0.484 e. The van der Waals surface area contributed by atoms with Gasteiger partial charge in [-0.1, -0.05) is 41.4 Å². The molecule has 0 heterocycles. The number of carbonyl (C=O) groups excluding carboxylic acids is 1. The molecule has 0 unspecified atom stereocenters. The Balaban J connectivity index is 1.64. The van der Waals surface area contributed by atoms with Crippen LogP contribution in [0.1, 0.15) is 0 Å². The second kappa shape index (κ2) is 8.93. The molecule has 2 rings (SSSR count). The Labute approximate surface area is 144 Å².